The molecule has 1 aliphatic rings. The summed E-state index contributed by atoms with van der Waals surface area (Å²) in [4.78, 5) is 0. The number of unbranched alkanes of at least 4 members (excludes halogenated alkanes) is 9. The van der Waals surface area contributed by atoms with Gasteiger partial charge in [-0.25, -0.2) is 0 Å². The average Bonchev–Trinajstić information content (AvgIpc) is 2.50. The van der Waals surface area contributed by atoms with Gasteiger partial charge in [0, 0.05) is 12.6 Å². The van der Waals surface area contributed by atoms with Crippen molar-refractivity contribution in [3.8, 4) is 0 Å². The molecule has 0 aromatic carbocycles. The van der Waals surface area contributed by atoms with Gasteiger partial charge in [0.15, 0.2) is 0 Å². The van der Waals surface area contributed by atoms with Crippen LogP contribution < -0.4 is 5.32 Å². The zero-order chi connectivity index (χ0) is 15.2. The molecular weight excluding hydrogens is 258 g/mol. The zero-order valence-corrected chi connectivity index (χ0v) is 14.5. The maximum Gasteiger partial charge on any atom is 0.0623 e. The van der Waals surface area contributed by atoms with E-state index in [-0.39, 0.29) is 0 Å². The van der Waals surface area contributed by atoms with Crippen molar-refractivity contribution in [2.24, 2.45) is 0 Å². The van der Waals surface area contributed by atoms with Crippen molar-refractivity contribution in [2.75, 3.05) is 19.8 Å². The number of nitrogens with one attached hydrogen (secondary N) is 1. The predicted molar refractivity (Wildman–Crippen MR) is 92.8 cm³/mol. The van der Waals surface area contributed by atoms with Gasteiger partial charge in [-0.05, 0) is 26.2 Å². The highest BCUT2D eigenvalue weighted by Crippen LogP contribution is 2.13. The Hall–Kier alpha value is -0.340. The third-order valence-electron chi connectivity index (χ3n) is 4.37. The lowest BCUT2D eigenvalue weighted by atomic mass is 10.0. The van der Waals surface area contributed by atoms with Crippen LogP contribution in [0.25, 0.3) is 0 Å². The molecule has 2 nitrogen and oxygen atoms in total. The molecule has 1 fully saturated rings. The first-order valence-corrected chi connectivity index (χ1v) is 9.29. The smallest absolute Gasteiger partial charge is 0.0623 e. The maximum atomic E-state index is 5.50. The summed E-state index contributed by atoms with van der Waals surface area (Å²) < 4.78 is 5.50. The van der Waals surface area contributed by atoms with Crippen LogP contribution in [0, 0.1) is 0 Å². The van der Waals surface area contributed by atoms with Crippen LogP contribution in [0.15, 0.2) is 11.6 Å². The molecule has 0 bridgehead atoms. The second-order valence-corrected chi connectivity index (χ2v) is 6.60. The van der Waals surface area contributed by atoms with Crippen molar-refractivity contribution >= 4 is 0 Å². The molecule has 21 heavy (non-hydrogen) atoms. The Morgan fingerprint density at radius 3 is 2.33 bits per heavy atom. The third-order valence-corrected chi connectivity index (χ3v) is 4.37. The van der Waals surface area contributed by atoms with E-state index in [0.29, 0.717) is 6.04 Å². The first-order valence-electron chi connectivity index (χ1n) is 9.29. The molecule has 1 heterocycles. The fraction of sp³-hybridized carbons (Fsp3) is 0.895. The fourth-order valence-corrected chi connectivity index (χ4v) is 3.03. The molecule has 0 radical (unpaired) electrons. The lowest BCUT2D eigenvalue weighted by Gasteiger charge is -2.24. The monoisotopic (exact) mass is 295 g/mol. The van der Waals surface area contributed by atoms with Crippen LogP contribution in [0.3, 0.4) is 0 Å². The van der Waals surface area contributed by atoms with Gasteiger partial charge in [-0.15, -0.1) is 0 Å². The van der Waals surface area contributed by atoms with Crippen LogP contribution in [0.4, 0.5) is 0 Å². The standard InChI is InChI=1S/C19H37NO/c1-3-4-5-6-7-8-9-10-11-12-13-18(2)16-19-17-21-15-14-20-19/h13,19-20H,3-12,14-17H2,1-2H3/b18-13-. The Morgan fingerprint density at radius 1 is 1.05 bits per heavy atom. The summed E-state index contributed by atoms with van der Waals surface area (Å²) in [5.74, 6) is 0. The molecule has 1 aliphatic heterocycles. The molecule has 1 unspecified atom stereocenters. The Labute approximate surface area is 132 Å². The predicted octanol–water partition coefficient (Wildman–Crippen LogP) is 5.23. The van der Waals surface area contributed by atoms with E-state index in [4.69, 9.17) is 4.74 Å². The van der Waals surface area contributed by atoms with Crippen LogP contribution in [0.1, 0.15) is 84.5 Å². The minimum Gasteiger partial charge on any atom is -0.379 e. The second kappa shape index (κ2) is 13.3. The minimum absolute atomic E-state index is 0.540. The zero-order valence-electron chi connectivity index (χ0n) is 14.5. The first-order chi connectivity index (χ1) is 10.3. The third kappa shape index (κ3) is 11.0. The number of rotatable bonds is 12. The first kappa shape index (κ1) is 18.7. The summed E-state index contributed by atoms with van der Waals surface area (Å²) in [6.45, 7) is 7.31. The highest BCUT2D eigenvalue weighted by Gasteiger charge is 2.12. The van der Waals surface area contributed by atoms with Crippen LogP contribution in [0.5, 0.6) is 0 Å². The molecule has 1 atom stereocenters. The van der Waals surface area contributed by atoms with Gasteiger partial charge in [0.1, 0.15) is 0 Å². The number of allylic oxidation sites excluding steroid dienone is 1. The lowest BCUT2D eigenvalue weighted by Crippen LogP contribution is -2.41. The van der Waals surface area contributed by atoms with Gasteiger partial charge < -0.3 is 10.1 Å². The molecule has 1 rings (SSSR count). The van der Waals surface area contributed by atoms with E-state index in [1.165, 1.54) is 69.8 Å². The Balaban J connectivity index is 1.88. The van der Waals surface area contributed by atoms with E-state index >= 15 is 0 Å². The van der Waals surface area contributed by atoms with Crippen molar-refractivity contribution in [2.45, 2.75) is 90.5 Å². The van der Waals surface area contributed by atoms with Gasteiger partial charge in [0.05, 0.1) is 13.2 Å². The van der Waals surface area contributed by atoms with Crippen molar-refractivity contribution < 1.29 is 4.74 Å². The normalized spacial score (nSPS) is 19.9. The highest BCUT2D eigenvalue weighted by atomic mass is 16.5. The van der Waals surface area contributed by atoms with Crippen LogP contribution in [-0.2, 0) is 4.74 Å². The molecule has 1 N–H and O–H groups in total. The van der Waals surface area contributed by atoms with Gasteiger partial charge in [-0.2, -0.15) is 0 Å². The molecule has 0 amide bonds. The SMILES string of the molecule is CCCCCCCCCCC/C=C(/C)CC1COCCN1. The van der Waals surface area contributed by atoms with E-state index in [1.807, 2.05) is 0 Å². The lowest BCUT2D eigenvalue weighted by molar-refractivity contribution is 0.0770. The molecule has 2 heteroatoms. The summed E-state index contributed by atoms with van der Waals surface area (Å²) >= 11 is 0. The Morgan fingerprint density at radius 2 is 1.71 bits per heavy atom. The van der Waals surface area contributed by atoms with Crippen molar-refractivity contribution in [1.29, 1.82) is 0 Å². The molecule has 0 saturated carbocycles. The Kier molecular flexibility index (Phi) is 11.9. The van der Waals surface area contributed by atoms with Gasteiger partial charge in [-0.3, -0.25) is 0 Å². The number of hydrogen-bond acceptors (Lipinski definition) is 2. The van der Waals surface area contributed by atoms with E-state index in [9.17, 15) is 0 Å². The summed E-state index contributed by atoms with van der Waals surface area (Å²) in [5.41, 5.74) is 1.53. The molecule has 0 aromatic heterocycles. The average molecular weight is 296 g/mol. The molecule has 0 spiro atoms. The summed E-state index contributed by atoms with van der Waals surface area (Å²) in [6, 6.07) is 0.540. The number of ether oxygens (including phenoxy) is 1. The number of hydrogen-bond donors (Lipinski definition) is 1. The Bertz CT molecular complexity index is 256. The number of morpholine rings is 1. The summed E-state index contributed by atoms with van der Waals surface area (Å²) in [7, 11) is 0. The molecule has 1 saturated heterocycles. The molecule has 124 valence electrons. The van der Waals surface area contributed by atoms with Crippen molar-refractivity contribution in [3.63, 3.8) is 0 Å². The summed E-state index contributed by atoms with van der Waals surface area (Å²) in [6.07, 6.45) is 17.6. The molecule has 0 aliphatic carbocycles. The second-order valence-electron chi connectivity index (χ2n) is 6.60. The van der Waals surface area contributed by atoms with E-state index < -0.39 is 0 Å². The fourth-order valence-electron chi connectivity index (χ4n) is 3.03. The van der Waals surface area contributed by atoms with E-state index in [0.717, 1.165) is 26.2 Å². The minimum atomic E-state index is 0.540. The maximum absolute atomic E-state index is 5.50. The largest absolute Gasteiger partial charge is 0.379 e. The van der Waals surface area contributed by atoms with Crippen molar-refractivity contribution in [1.82, 2.24) is 5.32 Å². The van der Waals surface area contributed by atoms with Gasteiger partial charge >= 0.3 is 0 Å². The van der Waals surface area contributed by atoms with Crippen LogP contribution in [0.2, 0.25) is 0 Å². The molecular formula is C19H37NO. The van der Waals surface area contributed by atoms with Gasteiger partial charge in [0.25, 0.3) is 0 Å². The van der Waals surface area contributed by atoms with Crippen LogP contribution >= 0.6 is 0 Å². The van der Waals surface area contributed by atoms with Crippen molar-refractivity contribution in [3.05, 3.63) is 11.6 Å². The van der Waals surface area contributed by atoms with E-state index in [1.54, 1.807) is 0 Å². The summed E-state index contributed by atoms with van der Waals surface area (Å²) in [5, 5.41) is 3.52. The van der Waals surface area contributed by atoms with Gasteiger partial charge in [-0.1, -0.05) is 69.9 Å². The topological polar surface area (TPSA) is 21.3 Å². The van der Waals surface area contributed by atoms with Crippen LogP contribution in [-0.4, -0.2) is 25.8 Å². The quantitative estimate of drug-likeness (QED) is 0.393. The van der Waals surface area contributed by atoms with Gasteiger partial charge in [0.2, 0.25) is 0 Å². The molecule has 0 aromatic rings. The van der Waals surface area contributed by atoms with E-state index in [2.05, 4.69) is 25.2 Å². The highest BCUT2D eigenvalue weighted by molar-refractivity contribution is 5.01.